The number of ether oxygens (including phenoxy) is 1. The fraction of sp³-hybridized carbons (Fsp3) is 0.300. The minimum Gasteiger partial charge on any atom is -0.497 e. The summed E-state index contributed by atoms with van der Waals surface area (Å²) in [4.78, 5) is 25.1. The number of rotatable bonds is 5. The number of methoxy groups -OCH3 is 1. The lowest BCUT2D eigenvalue weighted by molar-refractivity contribution is -0.111. The van der Waals surface area contributed by atoms with Crippen LogP contribution in [0.4, 0.5) is 5.00 Å². The highest BCUT2D eigenvalue weighted by molar-refractivity contribution is 7.17. The molecule has 0 spiro atoms. The Labute approximate surface area is 156 Å². The molecule has 1 aliphatic rings. The number of thiophene rings is 1. The van der Waals surface area contributed by atoms with Gasteiger partial charge < -0.3 is 15.2 Å². The first-order valence-electron chi connectivity index (χ1n) is 8.59. The van der Waals surface area contributed by atoms with E-state index in [1.165, 1.54) is 17.4 Å². The minimum atomic E-state index is -0.975. The average molecular weight is 371 g/mol. The second kappa shape index (κ2) is 8.19. The van der Waals surface area contributed by atoms with Gasteiger partial charge in [-0.3, -0.25) is 4.79 Å². The van der Waals surface area contributed by atoms with Gasteiger partial charge in [-0.15, -0.1) is 11.3 Å². The van der Waals surface area contributed by atoms with Crippen molar-refractivity contribution < 1.29 is 19.4 Å². The average Bonchev–Trinajstić information content (AvgIpc) is 2.81. The van der Waals surface area contributed by atoms with Crippen LogP contribution in [0.2, 0.25) is 0 Å². The van der Waals surface area contributed by atoms with Crippen LogP contribution in [0.3, 0.4) is 0 Å². The highest BCUT2D eigenvalue weighted by Crippen LogP contribution is 2.37. The van der Waals surface area contributed by atoms with E-state index in [1.54, 1.807) is 13.2 Å². The van der Waals surface area contributed by atoms with Crippen molar-refractivity contribution in [3.8, 4) is 5.75 Å². The molecular weight excluding hydrogens is 350 g/mol. The lowest BCUT2D eigenvalue weighted by atomic mass is 10.1. The Kier molecular flexibility index (Phi) is 5.73. The molecule has 6 heteroatoms. The van der Waals surface area contributed by atoms with Crippen molar-refractivity contribution in [2.24, 2.45) is 0 Å². The molecule has 0 saturated heterocycles. The van der Waals surface area contributed by atoms with E-state index >= 15 is 0 Å². The SMILES string of the molecule is COc1cccc(/C=C/C(=O)Nc2sc3c(c2C(=O)O)CCCCC3)c1. The van der Waals surface area contributed by atoms with E-state index in [0.717, 1.165) is 48.1 Å². The summed E-state index contributed by atoms with van der Waals surface area (Å²) < 4.78 is 5.16. The highest BCUT2D eigenvalue weighted by atomic mass is 32.1. The molecule has 0 atom stereocenters. The molecule has 136 valence electrons. The molecular formula is C20H21NO4S. The third-order valence-corrected chi connectivity index (χ3v) is 5.60. The van der Waals surface area contributed by atoms with E-state index < -0.39 is 5.97 Å². The maximum absolute atomic E-state index is 12.3. The quantitative estimate of drug-likeness (QED) is 0.604. The molecule has 3 rings (SSSR count). The fourth-order valence-electron chi connectivity index (χ4n) is 3.13. The van der Waals surface area contributed by atoms with E-state index in [9.17, 15) is 14.7 Å². The number of hydrogen-bond donors (Lipinski definition) is 2. The number of anilines is 1. The number of aromatic carboxylic acids is 1. The van der Waals surface area contributed by atoms with Crippen molar-refractivity contribution in [3.63, 3.8) is 0 Å². The molecule has 0 aliphatic heterocycles. The minimum absolute atomic E-state index is 0.259. The van der Waals surface area contributed by atoms with Gasteiger partial charge in [0.1, 0.15) is 10.8 Å². The van der Waals surface area contributed by atoms with Crippen LogP contribution in [0.25, 0.3) is 6.08 Å². The molecule has 1 aromatic carbocycles. The van der Waals surface area contributed by atoms with Crippen LogP contribution in [0, 0.1) is 0 Å². The van der Waals surface area contributed by atoms with Crippen LogP contribution >= 0.6 is 11.3 Å². The van der Waals surface area contributed by atoms with Gasteiger partial charge in [0.25, 0.3) is 0 Å². The maximum atomic E-state index is 12.3. The molecule has 0 bridgehead atoms. The molecule has 1 aromatic heterocycles. The second-order valence-corrected chi connectivity index (χ2v) is 7.28. The van der Waals surface area contributed by atoms with E-state index in [-0.39, 0.29) is 11.5 Å². The molecule has 1 aliphatic carbocycles. The van der Waals surface area contributed by atoms with Gasteiger partial charge >= 0.3 is 5.97 Å². The normalized spacial score (nSPS) is 13.9. The van der Waals surface area contributed by atoms with Gasteiger partial charge in [0.15, 0.2) is 0 Å². The Hall–Kier alpha value is -2.60. The molecule has 0 radical (unpaired) electrons. The smallest absolute Gasteiger partial charge is 0.339 e. The van der Waals surface area contributed by atoms with Crippen LogP contribution in [-0.2, 0) is 17.6 Å². The molecule has 1 amide bonds. The number of carbonyl (C=O) groups excluding carboxylic acids is 1. The van der Waals surface area contributed by atoms with Crippen LogP contribution < -0.4 is 10.1 Å². The van der Waals surface area contributed by atoms with Gasteiger partial charge in [0.2, 0.25) is 5.91 Å². The first-order valence-corrected chi connectivity index (χ1v) is 9.41. The zero-order valence-corrected chi connectivity index (χ0v) is 15.4. The summed E-state index contributed by atoms with van der Waals surface area (Å²) >= 11 is 1.39. The Morgan fingerprint density at radius 1 is 1.23 bits per heavy atom. The Morgan fingerprint density at radius 2 is 2.04 bits per heavy atom. The number of fused-ring (bicyclic) bond motifs is 1. The van der Waals surface area contributed by atoms with Crippen molar-refractivity contribution in [2.45, 2.75) is 32.1 Å². The van der Waals surface area contributed by atoms with Crippen molar-refractivity contribution in [1.82, 2.24) is 0 Å². The number of amides is 1. The molecule has 2 aromatic rings. The van der Waals surface area contributed by atoms with Gasteiger partial charge in [0, 0.05) is 11.0 Å². The van der Waals surface area contributed by atoms with Crippen molar-refractivity contribution in [2.75, 3.05) is 12.4 Å². The maximum Gasteiger partial charge on any atom is 0.339 e. The molecule has 0 fully saturated rings. The number of carboxylic acid groups (broad SMARTS) is 1. The molecule has 26 heavy (non-hydrogen) atoms. The van der Waals surface area contributed by atoms with Crippen LogP contribution in [0.1, 0.15) is 45.6 Å². The number of benzene rings is 1. The van der Waals surface area contributed by atoms with Gasteiger partial charge in [0.05, 0.1) is 12.7 Å². The Bertz CT molecular complexity index is 853. The van der Waals surface area contributed by atoms with Crippen LogP contribution in [0.15, 0.2) is 30.3 Å². The fourth-order valence-corrected chi connectivity index (χ4v) is 4.41. The Balaban J connectivity index is 1.78. The van der Waals surface area contributed by atoms with Gasteiger partial charge in [-0.05, 0) is 55.0 Å². The van der Waals surface area contributed by atoms with Crippen LogP contribution in [0.5, 0.6) is 5.75 Å². The Morgan fingerprint density at radius 3 is 2.81 bits per heavy atom. The van der Waals surface area contributed by atoms with Gasteiger partial charge in [-0.2, -0.15) is 0 Å². The van der Waals surface area contributed by atoms with E-state index in [0.29, 0.717) is 10.8 Å². The summed E-state index contributed by atoms with van der Waals surface area (Å²) in [5.41, 5.74) is 1.99. The van der Waals surface area contributed by atoms with E-state index in [4.69, 9.17) is 4.74 Å². The van der Waals surface area contributed by atoms with Crippen molar-refractivity contribution in [1.29, 1.82) is 0 Å². The molecule has 1 heterocycles. The van der Waals surface area contributed by atoms with Crippen molar-refractivity contribution in [3.05, 3.63) is 51.9 Å². The first-order chi connectivity index (χ1) is 12.6. The monoisotopic (exact) mass is 371 g/mol. The van der Waals surface area contributed by atoms with Crippen LogP contribution in [-0.4, -0.2) is 24.1 Å². The summed E-state index contributed by atoms with van der Waals surface area (Å²) in [6.07, 6.45) is 7.91. The lowest BCUT2D eigenvalue weighted by Gasteiger charge is -2.04. The predicted octanol–water partition coefficient (Wildman–Crippen LogP) is 4.38. The summed E-state index contributed by atoms with van der Waals surface area (Å²) in [6.45, 7) is 0. The second-order valence-electron chi connectivity index (χ2n) is 6.17. The molecule has 0 saturated carbocycles. The third kappa shape index (κ3) is 4.14. The predicted molar refractivity (Wildman–Crippen MR) is 103 cm³/mol. The van der Waals surface area contributed by atoms with E-state index in [1.807, 2.05) is 24.3 Å². The van der Waals surface area contributed by atoms with Gasteiger partial charge in [-0.25, -0.2) is 4.79 Å². The molecule has 0 unspecified atom stereocenters. The number of aryl methyl sites for hydroxylation is 1. The number of nitrogens with one attached hydrogen (secondary N) is 1. The molecule has 5 nitrogen and oxygen atoms in total. The highest BCUT2D eigenvalue weighted by Gasteiger charge is 2.24. The topological polar surface area (TPSA) is 75.6 Å². The van der Waals surface area contributed by atoms with Gasteiger partial charge in [-0.1, -0.05) is 18.6 Å². The number of carboxylic acids is 1. The van der Waals surface area contributed by atoms with E-state index in [2.05, 4.69) is 5.32 Å². The summed E-state index contributed by atoms with van der Waals surface area (Å²) in [6, 6.07) is 7.35. The zero-order chi connectivity index (χ0) is 18.5. The van der Waals surface area contributed by atoms with Crippen molar-refractivity contribution >= 4 is 34.3 Å². The lowest BCUT2D eigenvalue weighted by Crippen LogP contribution is -2.11. The molecule has 2 N–H and O–H groups in total. The third-order valence-electron chi connectivity index (χ3n) is 4.39. The number of hydrogen-bond acceptors (Lipinski definition) is 4. The largest absolute Gasteiger partial charge is 0.497 e. The standard InChI is InChI=1S/C20H21NO4S/c1-25-14-7-5-6-13(12-14)10-11-17(22)21-19-18(20(23)24)15-8-3-2-4-9-16(15)26-19/h5-7,10-12H,2-4,8-9H2,1H3,(H,21,22)(H,23,24)/b11-10+. The summed E-state index contributed by atoms with van der Waals surface area (Å²) in [7, 11) is 1.59. The zero-order valence-electron chi connectivity index (χ0n) is 14.6. The summed E-state index contributed by atoms with van der Waals surface area (Å²) in [5, 5.41) is 12.8. The summed E-state index contributed by atoms with van der Waals surface area (Å²) in [5.74, 6) is -0.606. The first kappa shape index (κ1) is 18.2. The number of carbonyl (C=O) groups is 2.